The normalized spacial score (nSPS) is 20.1. The number of nitrogens with zero attached hydrogens (tertiary/aromatic N) is 1. The van der Waals surface area contributed by atoms with Crippen molar-refractivity contribution >= 4 is 17.5 Å². The molecule has 0 saturated carbocycles. The van der Waals surface area contributed by atoms with Crippen molar-refractivity contribution in [3.63, 3.8) is 0 Å². The second-order valence-electron chi connectivity index (χ2n) is 5.21. The largest absolute Gasteiger partial charge is 0.385 e. The minimum atomic E-state index is -0.605. The zero-order valence-corrected chi connectivity index (χ0v) is 12.2. The SMILES string of the molecule is CO[C@H]1C=Cc2cc(N(C)c3ccccc3)ccc2[C@@H]1O. The summed E-state index contributed by atoms with van der Waals surface area (Å²) in [6.07, 6.45) is 3.04. The molecule has 0 aliphatic heterocycles. The van der Waals surface area contributed by atoms with E-state index in [1.165, 1.54) is 0 Å². The first-order valence-corrected chi connectivity index (χ1v) is 7.02. The topological polar surface area (TPSA) is 32.7 Å². The first kappa shape index (κ1) is 13.9. The molecule has 108 valence electrons. The highest BCUT2D eigenvalue weighted by Gasteiger charge is 2.24. The third kappa shape index (κ3) is 2.58. The van der Waals surface area contributed by atoms with E-state index in [1.807, 2.05) is 49.5 Å². The van der Waals surface area contributed by atoms with E-state index in [0.717, 1.165) is 22.5 Å². The van der Waals surface area contributed by atoms with Crippen LogP contribution in [0.3, 0.4) is 0 Å². The molecule has 0 amide bonds. The zero-order chi connectivity index (χ0) is 14.8. The van der Waals surface area contributed by atoms with Crippen LogP contribution < -0.4 is 4.90 Å². The highest BCUT2D eigenvalue weighted by molar-refractivity contribution is 5.69. The molecule has 0 saturated heterocycles. The summed E-state index contributed by atoms with van der Waals surface area (Å²) in [5.74, 6) is 0. The molecular formula is C18H19NO2. The minimum Gasteiger partial charge on any atom is -0.385 e. The second kappa shape index (κ2) is 5.72. The van der Waals surface area contributed by atoms with Gasteiger partial charge in [0.1, 0.15) is 12.2 Å². The van der Waals surface area contributed by atoms with Gasteiger partial charge in [0.05, 0.1) is 0 Å². The van der Waals surface area contributed by atoms with Gasteiger partial charge >= 0.3 is 0 Å². The van der Waals surface area contributed by atoms with Gasteiger partial charge in [-0.1, -0.05) is 36.4 Å². The smallest absolute Gasteiger partial charge is 0.109 e. The summed E-state index contributed by atoms with van der Waals surface area (Å²) < 4.78 is 5.26. The lowest BCUT2D eigenvalue weighted by Crippen LogP contribution is -2.22. The summed E-state index contributed by atoms with van der Waals surface area (Å²) in [5, 5.41) is 10.3. The number of fused-ring (bicyclic) bond motifs is 1. The summed E-state index contributed by atoms with van der Waals surface area (Å²) >= 11 is 0. The third-order valence-corrected chi connectivity index (χ3v) is 3.97. The van der Waals surface area contributed by atoms with Crippen LogP contribution in [0.5, 0.6) is 0 Å². The van der Waals surface area contributed by atoms with Gasteiger partial charge in [-0.15, -0.1) is 0 Å². The maximum atomic E-state index is 10.3. The predicted molar refractivity (Wildman–Crippen MR) is 85.7 cm³/mol. The van der Waals surface area contributed by atoms with Crippen molar-refractivity contribution in [1.29, 1.82) is 0 Å². The Labute approximate surface area is 125 Å². The van der Waals surface area contributed by atoms with Crippen LogP contribution in [0.4, 0.5) is 11.4 Å². The number of hydrogen-bond acceptors (Lipinski definition) is 3. The van der Waals surface area contributed by atoms with Crippen molar-refractivity contribution in [3.05, 3.63) is 65.7 Å². The van der Waals surface area contributed by atoms with E-state index in [1.54, 1.807) is 7.11 Å². The molecule has 3 nitrogen and oxygen atoms in total. The Kier molecular flexibility index (Phi) is 3.78. The molecule has 3 rings (SSSR count). The maximum absolute atomic E-state index is 10.3. The number of methoxy groups -OCH3 is 1. The molecule has 0 radical (unpaired) electrons. The molecule has 1 aliphatic carbocycles. The van der Waals surface area contributed by atoms with Gasteiger partial charge in [-0.2, -0.15) is 0 Å². The third-order valence-electron chi connectivity index (χ3n) is 3.97. The van der Waals surface area contributed by atoms with E-state index >= 15 is 0 Å². The number of anilines is 2. The lowest BCUT2D eigenvalue weighted by atomic mass is 9.92. The van der Waals surface area contributed by atoms with Crippen molar-refractivity contribution in [2.45, 2.75) is 12.2 Å². The highest BCUT2D eigenvalue weighted by atomic mass is 16.5. The molecule has 0 fully saturated rings. The van der Waals surface area contributed by atoms with Crippen LogP contribution in [0.25, 0.3) is 6.08 Å². The molecule has 0 unspecified atom stereocenters. The number of ether oxygens (including phenoxy) is 1. The molecule has 2 aromatic carbocycles. The van der Waals surface area contributed by atoms with Gasteiger partial charge in [0.2, 0.25) is 0 Å². The average Bonchev–Trinajstić information content (AvgIpc) is 2.55. The first-order chi connectivity index (χ1) is 10.2. The fraction of sp³-hybridized carbons (Fsp3) is 0.222. The number of benzene rings is 2. The summed E-state index contributed by atoms with van der Waals surface area (Å²) in [6, 6.07) is 16.3. The van der Waals surface area contributed by atoms with Crippen LogP contribution in [-0.4, -0.2) is 25.4 Å². The standard InChI is InChI=1S/C18H19NO2/c1-19(14-6-4-3-5-7-14)15-9-10-16-13(12-15)8-11-17(21-2)18(16)20/h3-12,17-18,20H,1-2H3/t17-,18-/m0/s1. The number of para-hydroxylation sites is 1. The minimum absolute atomic E-state index is 0.268. The predicted octanol–water partition coefficient (Wildman–Crippen LogP) is 3.53. The Morgan fingerprint density at radius 1 is 1.05 bits per heavy atom. The molecule has 1 N–H and O–H groups in total. The Balaban J connectivity index is 1.94. The fourth-order valence-corrected chi connectivity index (χ4v) is 2.67. The summed E-state index contributed by atoms with van der Waals surface area (Å²) in [6.45, 7) is 0. The van der Waals surface area contributed by atoms with Crippen LogP contribution in [-0.2, 0) is 4.74 Å². The van der Waals surface area contributed by atoms with Crippen LogP contribution in [0.1, 0.15) is 17.2 Å². The number of hydrogen-bond donors (Lipinski definition) is 1. The van der Waals surface area contributed by atoms with Gasteiger partial charge in [-0.25, -0.2) is 0 Å². The molecule has 0 spiro atoms. The van der Waals surface area contributed by atoms with E-state index < -0.39 is 6.10 Å². The molecule has 0 aromatic heterocycles. The van der Waals surface area contributed by atoms with E-state index in [4.69, 9.17) is 4.74 Å². The van der Waals surface area contributed by atoms with E-state index in [2.05, 4.69) is 23.1 Å². The van der Waals surface area contributed by atoms with Gasteiger partial charge in [-0.05, 0) is 35.4 Å². The molecule has 21 heavy (non-hydrogen) atoms. The lowest BCUT2D eigenvalue weighted by Gasteiger charge is -2.26. The average molecular weight is 281 g/mol. The molecule has 2 atom stereocenters. The molecular weight excluding hydrogens is 262 g/mol. The highest BCUT2D eigenvalue weighted by Crippen LogP contribution is 2.33. The Morgan fingerprint density at radius 2 is 1.81 bits per heavy atom. The number of rotatable bonds is 3. The van der Waals surface area contributed by atoms with Crippen molar-refractivity contribution < 1.29 is 9.84 Å². The van der Waals surface area contributed by atoms with Gasteiger partial charge in [0.15, 0.2) is 0 Å². The van der Waals surface area contributed by atoms with Gasteiger partial charge in [-0.3, -0.25) is 0 Å². The zero-order valence-electron chi connectivity index (χ0n) is 12.2. The van der Waals surface area contributed by atoms with E-state index in [9.17, 15) is 5.11 Å². The van der Waals surface area contributed by atoms with Gasteiger partial charge in [0, 0.05) is 25.5 Å². The van der Waals surface area contributed by atoms with Crippen LogP contribution in [0, 0.1) is 0 Å². The molecule has 0 heterocycles. The van der Waals surface area contributed by atoms with Gasteiger partial charge in [0.25, 0.3) is 0 Å². The number of aliphatic hydroxyl groups is 1. The molecule has 0 bridgehead atoms. The van der Waals surface area contributed by atoms with Crippen molar-refractivity contribution in [3.8, 4) is 0 Å². The summed E-state index contributed by atoms with van der Waals surface area (Å²) in [7, 11) is 3.65. The quantitative estimate of drug-likeness (QED) is 0.934. The Bertz CT molecular complexity index is 652. The van der Waals surface area contributed by atoms with Crippen molar-refractivity contribution in [2.75, 3.05) is 19.1 Å². The fourth-order valence-electron chi connectivity index (χ4n) is 2.67. The first-order valence-electron chi connectivity index (χ1n) is 7.02. The molecule has 1 aliphatic rings. The van der Waals surface area contributed by atoms with E-state index in [0.29, 0.717) is 0 Å². The summed E-state index contributed by atoms with van der Waals surface area (Å²) in [5.41, 5.74) is 4.17. The Hall–Kier alpha value is -2.10. The van der Waals surface area contributed by atoms with Crippen LogP contribution in [0.15, 0.2) is 54.6 Å². The molecule has 2 aromatic rings. The van der Waals surface area contributed by atoms with Crippen LogP contribution >= 0.6 is 0 Å². The van der Waals surface area contributed by atoms with Crippen molar-refractivity contribution in [1.82, 2.24) is 0 Å². The van der Waals surface area contributed by atoms with Gasteiger partial charge < -0.3 is 14.7 Å². The Morgan fingerprint density at radius 3 is 2.52 bits per heavy atom. The van der Waals surface area contributed by atoms with Crippen LogP contribution in [0.2, 0.25) is 0 Å². The van der Waals surface area contributed by atoms with Crippen molar-refractivity contribution in [2.24, 2.45) is 0 Å². The lowest BCUT2D eigenvalue weighted by molar-refractivity contribution is 0.0150. The monoisotopic (exact) mass is 281 g/mol. The summed E-state index contributed by atoms with van der Waals surface area (Å²) in [4.78, 5) is 2.13. The van der Waals surface area contributed by atoms with E-state index in [-0.39, 0.29) is 6.10 Å². The second-order valence-corrected chi connectivity index (χ2v) is 5.21. The maximum Gasteiger partial charge on any atom is 0.109 e. The molecule has 3 heteroatoms. The number of aliphatic hydroxyl groups excluding tert-OH is 1.